The fourth-order valence-corrected chi connectivity index (χ4v) is 1.33. The predicted molar refractivity (Wildman–Crippen MR) is 46.7 cm³/mol. The Morgan fingerprint density at radius 1 is 1.46 bits per heavy atom. The molecular weight excluding hydrogens is 172 g/mol. The molecular formula is C8H14N2O3. The summed E-state index contributed by atoms with van der Waals surface area (Å²) in [6, 6.07) is -1.07. The van der Waals surface area contributed by atoms with Gasteiger partial charge < -0.3 is 21.3 Å². The summed E-state index contributed by atoms with van der Waals surface area (Å²) < 4.78 is 0. The van der Waals surface area contributed by atoms with Crippen LogP contribution in [0.5, 0.6) is 0 Å². The van der Waals surface area contributed by atoms with Crippen molar-refractivity contribution >= 4 is 5.91 Å². The molecule has 0 saturated carbocycles. The maximum Gasteiger partial charge on any atom is 0.217 e. The Labute approximate surface area is 76.2 Å². The van der Waals surface area contributed by atoms with Crippen molar-refractivity contribution in [3.63, 3.8) is 0 Å². The van der Waals surface area contributed by atoms with Crippen LogP contribution in [0.3, 0.4) is 0 Å². The van der Waals surface area contributed by atoms with E-state index in [1.165, 1.54) is 13.0 Å². The van der Waals surface area contributed by atoms with Gasteiger partial charge in [0.1, 0.15) is 12.2 Å². The quantitative estimate of drug-likeness (QED) is 0.360. The van der Waals surface area contributed by atoms with E-state index in [4.69, 9.17) is 5.73 Å². The molecule has 0 bridgehead atoms. The smallest absolute Gasteiger partial charge is 0.217 e. The van der Waals surface area contributed by atoms with Crippen LogP contribution in [0.4, 0.5) is 0 Å². The Morgan fingerprint density at radius 3 is 2.62 bits per heavy atom. The van der Waals surface area contributed by atoms with Crippen LogP contribution in [0.1, 0.15) is 6.92 Å². The summed E-state index contributed by atoms with van der Waals surface area (Å²) in [6.45, 7) is 1.34. The minimum Gasteiger partial charge on any atom is -0.388 e. The Balaban J connectivity index is 2.70. The van der Waals surface area contributed by atoms with Gasteiger partial charge in [0.25, 0.3) is 0 Å². The van der Waals surface area contributed by atoms with Crippen LogP contribution in [-0.2, 0) is 4.79 Å². The van der Waals surface area contributed by atoms with Gasteiger partial charge in [-0.25, -0.2) is 0 Å². The summed E-state index contributed by atoms with van der Waals surface area (Å²) in [6.07, 6.45) is 0.992. The molecule has 5 heteroatoms. The van der Waals surface area contributed by atoms with E-state index < -0.39 is 24.3 Å². The third kappa shape index (κ3) is 2.27. The number of rotatable bonds is 1. The molecule has 1 aliphatic rings. The van der Waals surface area contributed by atoms with Gasteiger partial charge in [-0.2, -0.15) is 0 Å². The molecule has 1 amide bonds. The number of aliphatic hydroxyl groups is 2. The van der Waals surface area contributed by atoms with E-state index in [0.717, 1.165) is 0 Å². The zero-order valence-electron chi connectivity index (χ0n) is 7.34. The van der Waals surface area contributed by atoms with Gasteiger partial charge in [0.05, 0.1) is 6.04 Å². The molecule has 0 fully saturated rings. The van der Waals surface area contributed by atoms with Gasteiger partial charge in [-0.15, -0.1) is 0 Å². The van der Waals surface area contributed by atoms with Gasteiger partial charge >= 0.3 is 0 Å². The minimum atomic E-state index is -1.04. The molecule has 0 unspecified atom stereocenters. The van der Waals surface area contributed by atoms with E-state index >= 15 is 0 Å². The van der Waals surface area contributed by atoms with Gasteiger partial charge in [0.15, 0.2) is 0 Å². The molecule has 0 aromatic heterocycles. The second-order valence-corrected chi connectivity index (χ2v) is 3.17. The molecule has 0 saturated heterocycles. The highest BCUT2D eigenvalue weighted by atomic mass is 16.3. The number of nitrogens with two attached hydrogens (primary N) is 1. The SMILES string of the molecule is CC(=O)N[C@@H]1[C@@H](O)[C@H](O)C=C[C@H]1N. The van der Waals surface area contributed by atoms with Crippen molar-refractivity contribution in [3.05, 3.63) is 12.2 Å². The lowest BCUT2D eigenvalue weighted by Gasteiger charge is -2.32. The lowest BCUT2D eigenvalue weighted by Crippen LogP contribution is -2.58. The molecule has 0 radical (unpaired) electrons. The number of carbonyl (C=O) groups is 1. The highest BCUT2D eigenvalue weighted by Gasteiger charge is 2.32. The van der Waals surface area contributed by atoms with Gasteiger partial charge in [-0.1, -0.05) is 12.2 Å². The normalized spacial score (nSPS) is 38.8. The first-order valence-electron chi connectivity index (χ1n) is 4.09. The van der Waals surface area contributed by atoms with Crippen molar-refractivity contribution in [2.45, 2.75) is 31.2 Å². The third-order valence-corrected chi connectivity index (χ3v) is 2.03. The topological polar surface area (TPSA) is 95.6 Å². The Bertz CT molecular complexity index is 229. The average Bonchev–Trinajstić information content (AvgIpc) is 2.05. The number of nitrogens with one attached hydrogen (secondary N) is 1. The number of hydrogen-bond acceptors (Lipinski definition) is 4. The van der Waals surface area contributed by atoms with Crippen LogP contribution in [0, 0.1) is 0 Å². The molecule has 0 aliphatic heterocycles. The number of carbonyl (C=O) groups excluding carboxylic acids is 1. The van der Waals surface area contributed by atoms with E-state index in [-0.39, 0.29) is 5.91 Å². The molecule has 13 heavy (non-hydrogen) atoms. The highest BCUT2D eigenvalue weighted by molar-refractivity contribution is 5.73. The zero-order chi connectivity index (χ0) is 10.0. The van der Waals surface area contributed by atoms with Crippen LogP contribution in [0.15, 0.2) is 12.2 Å². The molecule has 4 atom stereocenters. The van der Waals surface area contributed by atoms with E-state index in [9.17, 15) is 15.0 Å². The van der Waals surface area contributed by atoms with E-state index in [1.54, 1.807) is 6.08 Å². The van der Waals surface area contributed by atoms with Crippen molar-refractivity contribution in [1.82, 2.24) is 5.32 Å². The Morgan fingerprint density at radius 2 is 2.08 bits per heavy atom. The number of aliphatic hydroxyl groups excluding tert-OH is 2. The van der Waals surface area contributed by atoms with Gasteiger partial charge in [0, 0.05) is 13.0 Å². The monoisotopic (exact) mass is 186 g/mol. The Kier molecular flexibility index (Phi) is 3.02. The largest absolute Gasteiger partial charge is 0.388 e. The molecule has 5 N–H and O–H groups in total. The Hall–Kier alpha value is -0.910. The molecule has 5 nitrogen and oxygen atoms in total. The molecule has 0 spiro atoms. The number of amides is 1. The molecule has 1 rings (SSSR count). The van der Waals surface area contributed by atoms with Gasteiger partial charge in [-0.3, -0.25) is 4.79 Å². The summed E-state index contributed by atoms with van der Waals surface area (Å²) in [5.41, 5.74) is 5.61. The molecule has 1 aliphatic carbocycles. The highest BCUT2D eigenvalue weighted by Crippen LogP contribution is 2.11. The second kappa shape index (κ2) is 3.87. The van der Waals surface area contributed by atoms with E-state index in [0.29, 0.717) is 0 Å². The molecule has 0 aromatic rings. The first-order valence-corrected chi connectivity index (χ1v) is 4.09. The predicted octanol–water partition coefficient (Wildman–Crippen LogP) is -1.89. The lowest BCUT2D eigenvalue weighted by atomic mass is 9.92. The second-order valence-electron chi connectivity index (χ2n) is 3.17. The third-order valence-electron chi connectivity index (χ3n) is 2.03. The zero-order valence-corrected chi connectivity index (χ0v) is 7.34. The van der Waals surface area contributed by atoms with E-state index in [2.05, 4.69) is 5.32 Å². The van der Waals surface area contributed by atoms with Gasteiger partial charge in [0.2, 0.25) is 5.91 Å². The first-order chi connectivity index (χ1) is 6.02. The molecule has 0 heterocycles. The van der Waals surface area contributed by atoms with Gasteiger partial charge in [-0.05, 0) is 0 Å². The van der Waals surface area contributed by atoms with Crippen molar-refractivity contribution in [1.29, 1.82) is 0 Å². The fourth-order valence-electron chi connectivity index (χ4n) is 1.33. The summed E-state index contributed by atoms with van der Waals surface area (Å²) in [7, 11) is 0. The molecule has 0 aromatic carbocycles. The van der Waals surface area contributed by atoms with Crippen molar-refractivity contribution in [2.75, 3.05) is 0 Å². The summed E-state index contributed by atoms with van der Waals surface area (Å²) >= 11 is 0. The van der Waals surface area contributed by atoms with Crippen molar-refractivity contribution < 1.29 is 15.0 Å². The summed E-state index contributed by atoms with van der Waals surface area (Å²) in [5, 5.41) is 21.2. The van der Waals surface area contributed by atoms with Crippen LogP contribution in [0.25, 0.3) is 0 Å². The van der Waals surface area contributed by atoms with Crippen LogP contribution >= 0.6 is 0 Å². The minimum absolute atomic E-state index is 0.276. The van der Waals surface area contributed by atoms with E-state index in [1.807, 2.05) is 0 Å². The first kappa shape index (κ1) is 10.2. The van der Waals surface area contributed by atoms with Crippen molar-refractivity contribution in [3.8, 4) is 0 Å². The van der Waals surface area contributed by atoms with Crippen LogP contribution in [-0.4, -0.2) is 40.4 Å². The lowest BCUT2D eigenvalue weighted by molar-refractivity contribution is -0.121. The molecule has 74 valence electrons. The summed E-state index contributed by atoms with van der Waals surface area (Å²) in [4.78, 5) is 10.7. The van der Waals surface area contributed by atoms with Crippen LogP contribution in [0.2, 0.25) is 0 Å². The number of hydrogen-bond donors (Lipinski definition) is 4. The van der Waals surface area contributed by atoms with Crippen molar-refractivity contribution in [2.24, 2.45) is 5.73 Å². The standard InChI is InChI=1S/C8H14N2O3/c1-4(11)10-7-5(9)2-3-6(12)8(7)13/h2-3,5-8,12-13H,9H2,1H3,(H,10,11)/t5-,6-,7+,8+/m1/s1. The summed E-state index contributed by atoms with van der Waals surface area (Å²) in [5.74, 6) is -0.276. The van der Waals surface area contributed by atoms with Crippen LogP contribution < -0.4 is 11.1 Å². The fraction of sp³-hybridized carbons (Fsp3) is 0.625. The average molecular weight is 186 g/mol. The maximum atomic E-state index is 10.7. The maximum absolute atomic E-state index is 10.7.